The van der Waals surface area contributed by atoms with Gasteiger partial charge < -0.3 is 5.32 Å². The van der Waals surface area contributed by atoms with Gasteiger partial charge in [-0.15, -0.1) is 0 Å². The van der Waals surface area contributed by atoms with Crippen molar-refractivity contribution in [1.82, 2.24) is 15.7 Å². The summed E-state index contributed by atoms with van der Waals surface area (Å²) in [6.45, 7) is 0. The number of aromatic nitrogens is 1. The average Bonchev–Trinajstić information content (AvgIpc) is 3.02. The van der Waals surface area contributed by atoms with Crippen LogP contribution in [0, 0.1) is 11.8 Å². The zero-order valence-electron chi connectivity index (χ0n) is 10.5. The topological polar surface area (TPSA) is 49.3 Å². The van der Waals surface area contributed by atoms with E-state index in [1.54, 1.807) is 18.6 Å². The molecule has 1 saturated carbocycles. The molecule has 0 amide bonds. The van der Waals surface area contributed by atoms with Crippen LogP contribution in [-0.2, 0) is 0 Å². The van der Waals surface area contributed by atoms with Crippen molar-refractivity contribution in [2.24, 2.45) is 16.9 Å². The normalized spacial score (nSPS) is 27.9. The van der Waals surface area contributed by atoms with Crippen LogP contribution < -0.4 is 10.7 Å². The van der Waals surface area contributed by atoms with Crippen molar-refractivity contribution >= 4 is 23.5 Å². The summed E-state index contributed by atoms with van der Waals surface area (Å²) in [6.07, 6.45) is 12.3. The van der Waals surface area contributed by atoms with Crippen LogP contribution in [0.15, 0.2) is 41.8 Å². The van der Waals surface area contributed by atoms with Crippen LogP contribution >= 0.6 is 12.2 Å². The SMILES string of the molecule is S=C(N/N=C\c1cccnc1)N[C@H]1C[C@@H]2C=C[C@@H]1C2. The molecule has 1 aromatic rings. The number of hydrogen-bond donors (Lipinski definition) is 2. The minimum Gasteiger partial charge on any atom is -0.358 e. The number of allylic oxidation sites excluding steroid dienone is 1. The van der Waals surface area contributed by atoms with E-state index in [2.05, 4.69) is 33.0 Å². The molecule has 3 atom stereocenters. The zero-order valence-corrected chi connectivity index (χ0v) is 11.3. The third kappa shape index (κ3) is 2.98. The monoisotopic (exact) mass is 272 g/mol. The van der Waals surface area contributed by atoms with Gasteiger partial charge in [-0.1, -0.05) is 18.2 Å². The molecule has 0 aliphatic heterocycles. The number of hydrogen-bond acceptors (Lipinski definition) is 3. The van der Waals surface area contributed by atoms with Crippen molar-refractivity contribution in [2.75, 3.05) is 0 Å². The van der Waals surface area contributed by atoms with E-state index in [0.717, 1.165) is 11.5 Å². The highest BCUT2D eigenvalue weighted by molar-refractivity contribution is 7.80. The lowest BCUT2D eigenvalue weighted by Crippen LogP contribution is -2.42. The van der Waals surface area contributed by atoms with E-state index in [1.165, 1.54) is 12.8 Å². The van der Waals surface area contributed by atoms with Crippen LogP contribution in [0.2, 0.25) is 0 Å². The Morgan fingerprint density at radius 2 is 2.37 bits per heavy atom. The van der Waals surface area contributed by atoms with E-state index in [0.29, 0.717) is 17.1 Å². The summed E-state index contributed by atoms with van der Waals surface area (Å²) in [7, 11) is 0. The van der Waals surface area contributed by atoms with E-state index in [-0.39, 0.29) is 0 Å². The Kier molecular flexibility index (Phi) is 3.55. The summed E-state index contributed by atoms with van der Waals surface area (Å²) in [5.74, 6) is 1.37. The molecule has 5 heteroatoms. The molecule has 0 aromatic carbocycles. The summed E-state index contributed by atoms with van der Waals surface area (Å²) in [5.41, 5.74) is 3.80. The third-order valence-electron chi connectivity index (χ3n) is 3.66. The van der Waals surface area contributed by atoms with Crippen LogP contribution in [0.25, 0.3) is 0 Å². The van der Waals surface area contributed by atoms with Crippen LogP contribution in [0.3, 0.4) is 0 Å². The maximum absolute atomic E-state index is 5.25. The predicted octanol–water partition coefficient (Wildman–Crippen LogP) is 1.84. The van der Waals surface area contributed by atoms with Crippen molar-refractivity contribution < 1.29 is 0 Å². The van der Waals surface area contributed by atoms with Crippen LogP contribution in [0.5, 0.6) is 0 Å². The Morgan fingerprint density at radius 3 is 3.05 bits per heavy atom. The fourth-order valence-corrected chi connectivity index (χ4v) is 2.97. The highest BCUT2D eigenvalue weighted by Gasteiger charge is 2.35. The fraction of sp³-hybridized carbons (Fsp3) is 0.357. The molecule has 0 unspecified atom stereocenters. The van der Waals surface area contributed by atoms with Gasteiger partial charge in [0.05, 0.1) is 6.21 Å². The van der Waals surface area contributed by atoms with Crippen molar-refractivity contribution in [3.8, 4) is 0 Å². The van der Waals surface area contributed by atoms with Crippen molar-refractivity contribution in [3.63, 3.8) is 0 Å². The van der Waals surface area contributed by atoms with Gasteiger partial charge in [0.25, 0.3) is 0 Å². The molecular formula is C14H16N4S. The first-order valence-corrected chi connectivity index (χ1v) is 6.90. The second kappa shape index (κ2) is 5.48. The molecule has 0 radical (unpaired) electrons. The Bertz CT molecular complexity index is 511. The zero-order chi connectivity index (χ0) is 13.1. The molecule has 4 nitrogen and oxygen atoms in total. The van der Waals surface area contributed by atoms with E-state index < -0.39 is 0 Å². The molecule has 1 fully saturated rings. The fourth-order valence-electron chi connectivity index (χ4n) is 2.77. The van der Waals surface area contributed by atoms with Crippen molar-refractivity contribution in [1.29, 1.82) is 0 Å². The highest BCUT2D eigenvalue weighted by atomic mass is 32.1. The molecule has 0 saturated heterocycles. The number of thiocarbonyl (C=S) groups is 1. The maximum Gasteiger partial charge on any atom is 0.187 e. The Labute approximate surface area is 118 Å². The smallest absolute Gasteiger partial charge is 0.187 e. The molecule has 1 heterocycles. The quantitative estimate of drug-likeness (QED) is 0.381. The number of pyridine rings is 1. The van der Waals surface area contributed by atoms with E-state index >= 15 is 0 Å². The molecule has 2 bridgehead atoms. The Morgan fingerprint density at radius 1 is 1.42 bits per heavy atom. The second-order valence-electron chi connectivity index (χ2n) is 5.02. The molecule has 2 N–H and O–H groups in total. The third-order valence-corrected chi connectivity index (χ3v) is 3.87. The minimum absolute atomic E-state index is 0.462. The minimum atomic E-state index is 0.462. The number of fused-ring (bicyclic) bond motifs is 2. The lowest BCUT2D eigenvalue weighted by atomic mass is 10.0. The van der Waals surface area contributed by atoms with Gasteiger partial charge in [0.1, 0.15) is 0 Å². The first-order valence-electron chi connectivity index (χ1n) is 6.49. The van der Waals surface area contributed by atoms with Gasteiger partial charge in [-0.2, -0.15) is 5.10 Å². The second-order valence-corrected chi connectivity index (χ2v) is 5.42. The molecule has 1 aromatic heterocycles. The Balaban J connectivity index is 1.47. The van der Waals surface area contributed by atoms with Crippen LogP contribution in [-0.4, -0.2) is 22.4 Å². The number of rotatable bonds is 3. The molecule has 2 aliphatic carbocycles. The standard InChI is InChI=1S/C14H16N4S/c19-14(17-13-7-10-3-4-12(13)6-10)18-16-9-11-2-1-5-15-8-11/h1-5,8-10,12-13H,6-7H2,(H2,17,18,19)/b16-9-/t10-,12-,13+/m1/s1. The van der Waals surface area contributed by atoms with Crippen molar-refractivity contribution in [2.45, 2.75) is 18.9 Å². The van der Waals surface area contributed by atoms with Gasteiger partial charge in [-0.05, 0) is 43.0 Å². The molecule has 3 rings (SSSR count). The molecule has 98 valence electrons. The van der Waals surface area contributed by atoms with Gasteiger partial charge in [0.2, 0.25) is 0 Å². The number of nitrogens with one attached hydrogen (secondary N) is 2. The van der Waals surface area contributed by atoms with Gasteiger partial charge in [0.15, 0.2) is 5.11 Å². The first-order chi connectivity index (χ1) is 9.31. The first kappa shape index (κ1) is 12.3. The highest BCUT2D eigenvalue weighted by Crippen LogP contribution is 2.38. The Hall–Kier alpha value is -1.75. The van der Waals surface area contributed by atoms with E-state index in [1.807, 2.05) is 12.1 Å². The molecule has 2 aliphatic rings. The molecular weight excluding hydrogens is 256 g/mol. The number of hydrazone groups is 1. The summed E-state index contributed by atoms with van der Waals surface area (Å²) in [6, 6.07) is 4.28. The summed E-state index contributed by atoms with van der Waals surface area (Å²) in [4.78, 5) is 4.02. The average molecular weight is 272 g/mol. The molecule has 0 spiro atoms. The predicted molar refractivity (Wildman–Crippen MR) is 79.8 cm³/mol. The largest absolute Gasteiger partial charge is 0.358 e. The van der Waals surface area contributed by atoms with Gasteiger partial charge >= 0.3 is 0 Å². The van der Waals surface area contributed by atoms with Crippen LogP contribution in [0.1, 0.15) is 18.4 Å². The maximum atomic E-state index is 5.25. The van der Waals surface area contributed by atoms with Gasteiger partial charge in [-0.3, -0.25) is 10.4 Å². The summed E-state index contributed by atoms with van der Waals surface area (Å²) >= 11 is 5.25. The molecule has 19 heavy (non-hydrogen) atoms. The van der Waals surface area contributed by atoms with Gasteiger partial charge in [-0.25, -0.2) is 0 Å². The van der Waals surface area contributed by atoms with Gasteiger partial charge in [0, 0.05) is 24.0 Å². The van der Waals surface area contributed by atoms with E-state index in [9.17, 15) is 0 Å². The summed E-state index contributed by atoms with van der Waals surface area (Å²) < 4.78 is 0. The lowest BCUT2D eigenvalue weighted by molar-refractivity contribution is 0.521. The van der Waals surface area contributed by atoms with E-state index in [4.69, 9.17) is 12.2 Å². The lowest BCUT2D eigenvalue weighted by Gasteiger charge is -2.20. The van der Waals surface area contributed by atoms with Crippen LogP contribution in [0.4, 0.5) is 0 Å². The number of nitrogens with zero attached hydrogens (tertiary/aromatic N) is 2. The van der Waals surface area contributed by atoms with Crippen molar-refractivity contribution in [3.05, 3.63) is 42.2 Å². The summed E-state index contributed by atoms with van der Waals surface area (Å²) in [5, 5.41) is 8.03.